The quantitative estimate of drug-likeness (QED) is 0.773. The highest BCUT2D eigenvalue weighted by atomic mass is 32.1. The number of aromatic amines is 1. The van der Waals surface area contributed by atoms with Crippen LogP contribution >= 0.6 is 12.2 Å². The van der Waals surface area contributed by atoms with Crippen molar-refractivity contribution in [2.24, 2.45) is 7.05 Å². The van der Waals surface area contributed by atoms with E-state index in [9.17, 15) is 0 Å². The summed E-state index contributed by atoms with van der Waals surface area (Å²) in [5.74, 6) is 2.11. The van der Waals surface area contributed by atoms with Crippen molar-refractivity contribution >= 4 is 18.0 Å². The van der Waals surface area contributed by atoms with E-state index in [1.54, 1.807) is 4.57 Å². The van der Waals surface area contributed by atoms with E-state index in [1.165, 1.54) is 0 Å². The van der Waals surface area contributed by atoms with Gasteiger partial charge < -0.3 is 24.8 Å². The summed E-state index contributed by atoms with van der Waals surface area (Å²) in [6.07, 6.45) is 0. The van der Waals surface area contributed by atoms with E-state index in [0.717, 1.165) is 22.8 Å². The Bertz CT molecular complexity index is 660. The van der Waals surface area contributed by atoms with Gasteiger partial charge in [-0.15, -0.1) is 0 Å². The Morgan fingerprint density at radius 3 is 2.67 bits per heavy atom. The van der Waals surface area contributed by atoms with Crippen molar-refractivity contribution in [2.75, 3.05) is 18.9 Å². The molecule has 0 saturated heterocycles. The number of hydrogen-bond donors (Lipinski definition) is 2. The summed E-state index contributed by atoms with van der Waals surface area (Å²) >= 11 is 5.15. The molecule has 0 fully saturated rings. The molecule has 3 rings (SSSR count). The van der Waals surface area contributed by atoms with Crippen LogP contribution in [0.15, 0.2) is 18.2 Å². The molecule has 2 heterocycles. The molecule has 0 radical (unpaired) electrons. The van der Waals surface area contributed by atoms with E-state index in [2.05, 4.69) is 4.98 Å². The van der Waals surface area contributed by atoms with Gasteiger partial charge in [-0.05, 0) is 30.4 Å². The van der Waals surface area contributed by atoms with Crippen molar-refractivity contribution in [1.82, 2.24) is 9.55 Å². The van der Waals surface area contributed by atoms with Crippen LogP contribution < -0.4 is 15.2 Å². The number of anilines is 1. The standard InChI is InChI=1S/C12H13N3O2S/c1-15-11(13)10(14-12(15)18)7-2-3-8-9(6-7)17-5-4-16-8/h2-3,6H,4-5,13H2,1H3,(H,14,18). The molecule has 1 aromatic heterocycles. The van der Waals surface area contributed by atoms with Crippen LogP contribution in [-0.2, 0) is 7.05 Å². The zero-order valence-electron chi connectivity index (χ0n) is 9.90. The summed E-state index contributed by atoms with van der Waals surface area (Å²) in [6, 6.07) is 5.73. The number of ether oxygens (including phenoxy) is 2. The van der Waals surface area contributed by atoms with Crippen molar-refractivity contribution in [2.45, 2.75) is 0 Å². The minimum Gasteiger partial charge on any atom is -0.486 e. The molecule has 5 nitrogen and oxygen atoms in total. The monoisotopic (exact) mass is 263 g/mol. The van der Waals surface area contributed by atoms with Crippen LogP contribution in [0.3, 0.4) is 0 Å². The van der Waals surface area contributed by atoms with Gasteiger partial charge in [-0.25, -0.2) is 0 Å². The molecule has 0 aliphatic carbocycles. The number of H-pyrrole nitrogens is 1. The molecule has 1 aromatic carbocycles. The number of nitrogen functional groups attached to an aromatic ring is 1. The molecule has 3 N–H and O–H groups in total. The average molecular weight is 263 g/mol. The van der Waals surface area contributed by atoms with E-state index in [0.29, 0.717) is 23.8 Å². The molecular formula is C12H13N3O2S. The molecule has 0 spiro atoms. The molecule has 18 heavy (non-hydrogen) atoms. The van der Waals surface area contributed by atoms with Crippen LogP contribution in [0.5, 0.6) is 11.5 Å². The second kappa shape index (κ2) is 4.06. The Morgan fingerprint density at radius 1 is 1.28 bits per heavy atom. The van der Waals surface area contributed by atoms with Crippen LogP contribution in [0, 0.1) is 4.77 Å². The van der Waals surface area contributed by atoms with E-state index in [-0.39, 0.29) is 0 Å². The lowest BCUT2D eigenvalue weighted by molar-refractivity contribution is 0.171. The topological polar surface area (TPSA) is 65.2 Å². The van der Waals surface area contributed by atoms with Gasteiger partial charge in [0, 0.05) is 12.6 Å². The Morgan fingerprint density at radius 2 is 2.00 bits per heavy atom. The maximum Gasteiger partial charge on any atom is 0.178 e. The molecule has 1 aliphatic heterocycles. The highest BCUT2D eigenvalue weighted by molar-refractivity contribution is 7.71. The van der Waals surface area contributed by atoms with Gasteiger partial charge >= 0.3 is 0 Å². The lowest BCUT2D eigenvalue weighted by atomic mass is 10.1. The first-order valence-corrected chi connectivity index (χ1v) is 6.02. The molecule has 2 aromatic rings. The highest BCUT2D eigenvalue weighted by Gasteiger charge is 2.15. The minimum absolute atomic E-state index is 0.566. The van der Waals surface area contributed by atoms with Gasteiger partial charge in [0.25, 0.3) is 0 Å². The molecule has 0 amide bonds. The third-order valence-corrected chi connectivity index (χ3v) is 3.36. The largest absolute Gasteiger partial charge is 0.486 e. The third-order valence-electron chi connectivity index (χ3n) is 2.98. The first kappa shape index (κ1) is 11.2. The summed E-state index contributed by atoms with van der Waals surface area (Å²) < 4.78 is 13.4. The third kappa shape index (κ3) is 1.65. The van der Waals surface area contributed by atoms with Gasteiger partial charge in [-0.1, -0.05) is 0 Å². The first-order chi connectivity index (χ1) is 8.66. The zero-order chi connectivity index (χ0) is 12.7. The number of rotatable bonds is 1. The Balaban J connectivity index is 2.12. The molecule has 0 bridgehead atoms. The summed E-state index contributed by atoms with van der Waals surface area (Å²) in [6.45, 7) is 1.15. The fourth-order valence-electron chi connectivity index (χ4n) is 1.95. The van der Waals surface area contributed by atoms with Crippen molar-refractivity contribution in [1.29, 1.82) is 0 Å². The Kier molecular flexibility index (Phi) is 2.52. The molecule has 0 atom stereocenters. The number of aromatic nitrogens is 2. The number of imidazole rings is 1. The fraction of sp³-hybridized carbons (Fsp3) is 0.250. The second-order valence-corrected chi connectivity index (χ2v) is 4.49. The van der Waals surface area contributed by atoms with E-state index >= 15 is 0 Å². The second-order valence-electron chi connectivity index (χ2n) is 4.11. The molecule has 0 saturated carbocycles. The van der Waals surface area contributed by atoms with Crippen molar-refractivity contribution in [3.8, 4) is 22.8 Å². The average Bonchev–Trinajstić information content (AvgIpc) is 2.66. The molecule has 0 unspecified atom stereocenters. The minimum atomic E-state index is 0.566. The van der Waals surface area contributed by atoms with Gasteiger partial charge in [0.15, 0.2) is 16.3 Å². The molecular weight excluding hydrogens is 250 g/mol. The van der Waals surface area contributed by atoms with E-state index in [4.69, 9.17) is 27.4 Å². The number of hydrogen-bond acceptors (Lipinski definition) is 4. The number of nitrogens with zero attached hydrogens (tertiary/aromatic N) is 1. The Labute approximate surface area is 109 Å². The van der Waals surface area contributed by atoms with Crippen LogP contribution in [0.1, 0.15) is 0 Å². The highest BCUT2D eigenvalue weighted by Crippen LogP contribution is 2.35. The van der Waals surface area contributed by atoms with Crippen molar-refractivity contribution in [3.63, 3.8) is 0 Å². The molecule has 1 aliphatic rings. The van der Waals surface area contributed by atoms with E-state index < -0.39 is 0 Å². The maximum atomic E-state index is 6.00. The van der Waals surface area contributed by atoms with Gasteiger partial charge in [-0.2, -0.15) is 0 Å². The molecule has 94 valence electrons. The first-order valence-electron chi connectivity index (χ1n) is 5.61. The van der Waals surface area contributed by atoms with E-state index in [1.807, 2.05) is 25.2 Å². The molecule has 6 heteroatoms. The van der Waals surface area contributed by atoms with Crippen LogP contribution in [-0.4, -0.2) is 22.8 Å². The van der Waals surface area contributed by atoms with Crippen molar-refractivity contribution in [3.05, 3.63) is 23.0 Å². The summed E-state index contributed by atoms with van der Waals surface area (Å²) in [4.78, 5) is 3.09. The predicted octanol–water partition coefficient (Wildman–Crippen LogP) is 2.10. The van der Waals surface area contributed by atoms with Crippen LogP contribution in [0.4, 0.5) is 5.82 Å². The summed E-state index contributed by atoms with van der Waals surface area (Å²) in [7, 11) is 1.83. The number of benzene rings is 1. The number of nitrogens with one attached hydrogen (secondary N) is 1. The zero-order valence-corrected chi connectivity index (χ0v) is 10.7. The van der Waals surface area contributed by atoms with Gasteiger partial charge in [0.2, 0.25) is 0 Å². The van der Waals surface area contributed by atoms with Crippen LogP contribution in [0.2, 0.25) is 0 Å². The normalized spacial score (nSPS) is 13.6. The fourth-order valence-corrected chi connectivity index (χ4v) is 2.15. The SMILES string of the molecule is Cn1c(N)c(-c2ccc3c(c2)OCCO3)[nH]c1=S. The van der Waals surface area contributed by atoms with Gasteiger partial charge in [-0.3, -0.25) is 0 Å². The summed E-state index contributed by atoms with van der Waals surface area (Å²) in [5.41, 5.74) is 7.74. The van der Waals surface area contributed by atoms with Crippen LogP contribution in [0.25, 0.3) is 11.3 Å². The van der Waals surface area contributed by atoms with Crippen molar-refractivity contribution < 1.29 is 9.47 Å². The number of nitrogens with two attached hydrogens (primary N) is 1. The lowest BCUT2D eigenvalue weighted by Crippen LogP contribution is -2.15. The number of fused-ring (bicyclic) bond motifs is 1. The lowest BCUT2D eigenvalue weighted by Gasteiger charge is -2.18. The Hall–Kier alpha value is -1.95. The van der Waals surface area contributed by atoms with Gasteiger partial charge in [0.05, 0.1) is 5.69 Å². The summed E-state index contributed by atoms with van der Waals surface area (Å²) in [5, 5.41) is 0. The predicted molar refractivity (Wildman–Crippen MR) is 71.4 cm³/mol. The maximum absolute atomic E-state index is 6.00. The smallest absolute Gasteiger partial charge is 0.178 e. The van der Waals surface area contributed by atoms with Gasteiger partial charge in [0.1, 0.15) is 19.0 Å².